The second kappa shape index (κ2) is 11.4. The van der Waals surface area contributed by atoms with E-state index in [-0.39, 0.29) is 0 Å². The van der Waals surface area contributed by atoms with E-state index in [0.717, 1.165) is 39.0 Å². The minimum Gasteiger partial charge on any atom is -0.454 e. The summed E-state index contributed by atoms with van der Waals surface area (Å²) in [5.74, 6) is 0. The van der Waals surface area contributed by atoms with E-state index >= 15 is 0 Å². The molecule has 256 valence electrons. The van der Waals surface area contributed by atoms with Crippen LogP contribution in [0.1, 0.15) is 22.3 Å². The van der Waals surface area contributed by atoms with Crippen molar-refractivity contribution >= 4 is 49.8 Å². The highest BCUT2D eigenvalue weighted by Gasteiger charge is 2.53. The van der Waals surface area contributed by atoms with Gasteiger partial charge in [0.05, 0.1) is 16.8 Å². The zero-order chi connectivity index (χ0) is 36.1. The monoisotopic (exact) mass is 699 g/mol. The van der Waals surface area contributed by atoms with Gasteiger partial charge in [0.25, 0.3) is 0 Å². The van der Waals surface area contributed by atoms with Gasteiger partial charge in [-0.25, -0.2) is 0 Å². The van der Waals surface area contributed by atoms with Crippen LogP contribution in [0.4, 0.5) is 17.1 Å². The molecule has 0 saturated carbocycles. The van der Waals surface area contributed by atoms with Crippen LogP contribution >= 0.6 is 0 Å². The number of benzene rings is 9. The molecule has 0 N–H and O–H groups in total. The topological polar surface area (TPSA) is 16.4 Å². The Morgan fingerprint density at radius 2 is 0.945 bits per heavy atom. The summed E-state index contributed by atoms with van der Waals surface area (Å²) in [6.45, 7) is 0. The minimum atomic E-state index is -0.526. The van der Waals surface area contributed by atoms with Gasteiger partial charge in [-0.05, 0) is 91.2 Å². The Morgan fingerprint density at radius 1 is 0.400 bits per heavy atom. The Bertz CT molecular complexity index is 3090. The highest BCUT2D eigenvalue weighted by atomic mass is 16.3. The van der Waals surface area contributed by atoms with Crippen molar-refractivity contribution in [1.29, 1.82) is 0 Å². The summed E-state index contributed by atoms with van der Waals surface area (Å²) in [6, 6.07) is 73.2. The van der Waals surface area contributed by atoms with Gasteiger partial charge in [-0.2, -0.15) is 0 Å². The van der Waals surface area contributed by atoms with Crippen LogP contribution in [0.25, 0.3) is 66.1 Å². The van der Waals surface area contributed by atoms with Crippen molar-refractivity contribution in [2.45, 2.75) is 5.41 Å². The van der Waals surface area contributed by atoms with Gasteiger partial charge in [0.2, 0.25) is 0 Å². The molecule has 10 aromatic rings. The molecule has 55 heavy (non-hydrogen) atoms. The van der Waals surface area contributed by atoms with Gasteiger partial charge in [-0.15, -0.1) is 0 Å². The molecule has 0 saturated heterocycles. The van der Waals surface area contributed by atoms with Crippen molar-refractivity contribution in [1.82, 2.24) is 0 Å². The van der Waals surface area contributed by atoms with E-state index in [1.165, 1.54) is 66.4 Å². The molecule has 0 atom stereocenters. The van der Waals surface area contributed by atoms with E-state index < -0.39 is 5.41 Å². The van der Waals surface area contributed by atoms with Crippen molar-refractivity contribution in [3.63, 3.8) is 0 Å². The first-order chi connectivity index (χ1) is 27.3. The standard InChI is InChI=1S/C53H33NO/c1-2-15-34(16-3-1)35-29-31-37(32-30-35)54(48-33-36-17-4-5-18-38(36)50-43-22-9-13-28-49(43)55-52(48)50)47-27-14-23-42-41-21-8-12-26-46(41)53(51(42)47)44-24-10-6-19-39(44)40-20-7-11-25-45(40)53/h1-33H. The summed E-state index contributed by atoms with van der Waals surface area (Å²) in [7, 11) is 0. The third-order valence-electron chi connectivity index (χ3n) is 12.1. The minimum absolute atomic E-state index is 0.526. The number of nitrogens with zero attached hydrogens (tertiary/aromatic N) is 1. The Hall–Kier alpha value is -7.16. The maximum absolute atomic E-state index is 6.98. The lowest BCUT2D eigenvalue weighted by atomic mass is 9.70. The van der Waals surface area contributed by atoms with Crippen LogP contribution < -0.4 is 4.90 Å². The quantitative estimate of drug-likeness (QED) is 0.182. The lowest BCUT2D eigenvalue weighted by Gasteiger charge is -2.36. The number of furan rings is 1. The Balaban J connectivity index is 1.22. The summed E-state index contributed by atoms with van der Waals surface area (Å²) in [5, 5.41) is 4.61. The average molecular weight is 700 g/mol. The van der Waals surface area contributed by atoms with Gasteiger partial charge in [0.1, 0.15) is 5.58 Å². The molecule has 9 aromatic carbocycles. The third kappa shape index (κ3) is 4.08. The lowest BCUT2D eigenvalue weighted by molar-refractivity contribution is 0.669. The normalized spacial score (nSPS) is 13.2. The summed E-state index contributed by atoms with van der Waals surface area (Å²) >= 11 is 0. The van der Waals surface area contributed by atoms with Crippen LogP contribution in [-0.4, -0.2) is 0 Å². The largest absolute Gasteiger partial charge is 0.454 e. The molecule has 2 heteroatoms. The molecule has 1 heterocycles. The predicted molar refractivity (Wildman–Crippen MR) is 228 cm³/mol. The van der Waals surface area contributed by atoms with E-state index in [4.69, 9.17) is 4.42 Å². The van der Waals surface area contributed by atoms with Crippen LogP contribution in [0.15, 0.2) is 205 Å². The summed E-state index contributed by atoms with van der Waals surface area (Å²) in [6.07, 6.45) is 0. The van der Waals surface area contributed by atoms with Crippen molar-refractivity contribution in [2.75, 3.05) is 4.90 Å². The molecule has 0 amide bonds. The molecule has 0 radical (unpaired) electrons. The fraction of sp³-hybridized carbons (Fsp3) is 0.0189. The molecule has 2 aliphatic rings. The molecule has 1 spiro atoms. The summed E-state index contributed by atoms with van der Waals surface area (Å²) < 4.78 is 6.98. The molecule has 1 aromatic heterocycles. The molecular formula is C53H33NO. The van der Waals surface area contributed by atoms with Crippen molar-refractivity contribution in [2.24, 2.45) is 0 Å². The molecule has 0 fully saturated rings. The smallest absolute Gasteiger partial charge is 0.160 e. The van der Waals surface area contributed by atoms with Crippen molar-refractivity contribution in [3.8, 4) is 33.4 Å². The summed E-state index contributed by atoms with van der Waals surface area (Å²) in [5.41, 5.74) is 17.2. The van der Waals surface area contributed by atoms with Crippen LogP contribution in [0.3, 0.4) is 0 Å². The molecule has 0 aliphatic heterocycles. The molecule has 0 unspecified atom stereocenters. The maximum Gasteiger partial charge on any atom is 0.160 e. The van der Waals surface area contributed by atoms with Crippen molar-refractivity contribution < 1.29 is 4.42 Å². The second-order valence-corrected chi connectivity index (χ2v) is 14.8. The number of anilines is 3. The third-order valence-corrected chi connectivity index (χ3v) is 12.1. The Labute approximate surface area is 319 Å². The van der Waals surface area contributed by atoms with Crippen molar-refractivity contribution in [3.05, 3.63) is 222 Å². The van der Waals surface area contributed by atoms with E-state index in [1.807, 2.05) is 0 Å². The van der Waals surface area contributed by atoms with E-state index in [0.29, 0.717) is 0 Å². The Kier molecular flexibility index (Phi) is 6.29. The highest BCUT2D eigenvalue weighted by molar-refractivity contribution is 6.23. The van der Waals surface area contributed by atoms with E-state index in [9.17, 15) is 0 Å². The number of hydrogen-bond acceptors (Lipinski definition) is 2. The first-order valence-corrected chi connectivity index (χ1v) is 19.0. The zero-order valence-electron chi connectivity index (χ0n) is 29.9. The molecule has 2 nitrogen and oxygen atoms in total. The SMILES string of the molecule is c1ccc(-c2ccc(N(c3cccc4c3C3(c5ccccc5-c5ccccc53)c3ccccc3-4)c3cc4ccccc4c4c3oc3ccccc34)cc2)cc1. The summed E-state index contributed by atoms with van der Waals surface area (Å²) in [4.78, 5) is 2.47. The highest BCUT2D eigenvalue weighted by Crippen LogP contribution is 2.65. The van der Waals surface area contributed by atoms with Crippen LogP contribution in [0, 0.1) is 0 Å². The van der Waals surface area contributed by atoms with Gasteiger partial charge >= 0.3 is 0 Å². The zero-order valence-corrected chi connectivity index (χ0v) is 29.9. The first-order valence-electron chi connectivity index (χ1n) is 19.0. The second-order valence-electron chi connectivity index (χ2n) is 14.8. The number of fused-ring (bicyclic) bond motifs is 15. The lowest BCUT2D eigenvalue weighted by Crippen LogP contribution is -2.28. The molecule has 12 rings (SSSR count). The molecule has 0 bridgehead atoms. The average Bonchev–Trinajstić information content (AvgIpc) is 3.90. The predicted octanol–water partition coefficient (Wildman–Crippen LogP) is 14.2. The van der Waals surface area contributed by atoms with Gasteiger partial charge in [0, 0.05) is 22.0 Å². The Morgan fingerprint density at radius 3 is 1.65 bits per heavy atom. The van der Waals surface area contributed by atoms with Crippen LogP contribution in [-0.2, 0) is 5.41 Å². The number of hydrogen-bond donors (Lipinski definition) is 0. The molecule has 2 aliphatic carbocycles. The number of rotatable bonds is 4. The number of para-hydroxylation sites is 1. The maximum atomic E-state index is 6.98. The van der Waals surface area contributed by atoms with Gasteiger partial charge in [0.15, 0.2) is 5.58 Å². The molecular weight excluding hydrogens is 667 g/mol. The van der Waals surface area contributed by atoms with Crippen LogP contribution in [0.5, 0.6) is 0 Å². The fourth-order valence-corrected chi connectivity index (χ4v) is 9.88. The van der Waals surface area contributed by atoms with Crippen LogP contribution in [0.2, 0.25) is 0 Å². The van der Waals surface area contributed by atoms with Gasteiger partial charge < -0.3 is 9.32 Å². The van der Waals surface area contributed by atoms with E-state index in [1.54, 1.807) is 0 Å². The van der Waals surface area contributed by atoms with Gasteiger partial charge in [-0.1, -0.05) is 170 Å². The fourth-order valence-electron chi connectivity index (χ4n) is 9.88. The first kappa shape index (κ1) is 30.3. The van der Waals surface area contributed by atoms with Gasteiger partial charge in [-0.3, -0.25) is 0 Å². The van der Waals surface area contributed by atoms with E-state index in [2.05, 4.69) is 205 Å².